The summed E-state index contributed by atoms with van der Waals surface area (Å²) in [6.07, 6.45) is 2.86. The number of rotatable bonds is 5. The molecule has 1 aromatic heterocycles. The average Bonchev–Trinajstić information content (AvgIpc) is 2.86. The first-order valence-electron chi connectivity index (χ1n) is 5.77. The molecule has 18 heavy (non-hydrogen) atoms. The monoisotopic (exact) mass is 344 g/mol. The predicted molar refractivity (Wildman–Crippen MR) is 81.1 cm³/mol. The summed E-state index contributed by atoms with van der Waals surface area (Å²) in [5, 5.41) is 7.42. The minimum atomic E-state index is 0.296. The second kappa shape index (κ2) is 6.66. The average molecular weight is 346 g/mol. The van der Waals surface area contributed by atoms with E-state index in [9.17, 15) is 0 Å². The largest absolute Gasteiger partial charge is 0.304 e. The van der Waals surface area contributed by atoms with E-state index < -0.39 is 0 Å². The SMILES string of the molecule is CCC(NCc1ccc(Br)cc1Cl)c1nccs1. The lowest BCUT2D eigenvalue weighted by Crippen LogP contribution is -2.20. The molecule has 0 saturated heterocycles. The van der Waals surface area contributed by atoms with E-state index >= 15 is 0 Å². The van der Waals surface area contributed by atoms with Gasteiger partial charge in [0.2, 0.25) is 0 Å². The topological polar surface area (TPSA) is 24.9 Å². The molecule has 96 valence electrons. The molecule has 2 aromatic rings. The van der Waals surface area contributed by atoms with Crippen molar-refractivity contribution in [1.82, 2.24) is 10.3 Å². The first-order chi connectivity index (χ1) is 8.70. The van der Waals surface area contributed by atoms with Crippen molar-refractivity contribution >= 4 is 38.9 Å². The zero-order chi connectivity index (χ0) is 13.0. The van der Waals surface area contributed by atoms with Crippen molar-refractivity contribution in [3.05, 3.63) is 49.8 Å². The Hall–Kier alpha value is -0.420. The summed E-state index contributed by atoms with van der Waals surface area (Å²) in [5.41, 5.74) is 1.11. The third-order valence-corrected chi connectivity index (χ3v) is 4.45. The van der Waals surface area contributed by atoms with E-state index in [1.165, 1.54) is 0 Å². The van der Waals surface area contributed by atoms with Crippen molar-refractivity contribution in [2.45, 2.75) is 25.9 Å². The third kappa shape index (κ3) is 3.54. The minimum Gasteiger partial charge on any atom is -0.304 e. The van der Waals surface area contributed by atoms with Crippen LogP contribution in [0.25, 0.3) is 0 Å². The van der Waals surface area contributed by atoms with Gasteiger partial charge in [0.25, 0.3) is 0 Å². The zero-order valence-electron chi connectivity index (χ0n) is 9.99. The maximum atomic E-state index is 6.20. The van der Waals surface area contributed by atoms with E-state index in [4.69, 9.17) is 11.6 Å². The lowest BCUT2D eigenvalue weighted by Gasteiger charge is -2.15. The Morgan fingerprint density at radius 3 is 2.94 bits per heavy atom. The van der Waals surface area contributed by atoms with Gasteiger partial charge in [-0.3, -0.25) is 0 Å². The highest BCUT2D eigenvalue weighted by Gasteiger charge is 2.11. The fraction of sp³-hybridized carbons (Fsp3) is 0.308. The zero-order valence-corrected chi connectivity index (χ0v) is 13.1. The van der Waals surface area contributed by atoms with Crippen molar-refractivity contribution in [3.8, 4) is 0 Å². The smallest absolute Gasteiger partial charge is 0.109 e. The number of aromatic nitrogens is 1. The van der Waals surface area contributed by atoms with Gasteiger partial charge >= 0.3 is 0 Å². The second-order valence-corrected chi connectivity index (χ2v) is 6.20. The Labute approximate surface area is 125 Å². The summed E-state index contributed by atoms with van der Waals surface area (Å²) in [6.45, 7) is 2.91. The number of nitrogens with one attached hydrogen (secondary N) is 1. The van der Waals surface area contributed by atoms with Gasteiger partial charge in [-0.25, -0.2) is 4.98 Å². The Morgan fingerprint density at radius 2 is 2.33 bits per heavy atom. The standard InChI is InChI=1S/C13H14BrClN2S/c1-2-12(13-16-5-6-18-13)17-8-9-3-4-10(14)7-11(9)15/h3-7,12,17H,2,8H2,1H3. The maximum Gasteiger partial charge on any atom is 0.109 e. The van der Waals surface area contributed by atoms with E-state index in [-0.39, 0.29) is 0 Å². The molecule has 2 rings (SSSR count). The number of thiazole rings is 1. The lowest BCUT2D eigenvalue weighted by atomic mass is 10.2. The molecule has 0 aliphatic carbocycles. The molecule has 1 N–H and O–H groups in total. The molecular formula is C13H14BrClN2S. The van der Waals surface area contributed by atoms with Crippen molar-refractivity contribution in [2.24, 2.45) is 0 Å². The Kier molecular flexibility index (Phi) is 5.18. The predicted octanol–water partition coefficient (Wildman–Crippen LogP) is 4.80. The van der Waals surface area contributed by atoms with E-state index in [1.54, 1.807) is 11.3 Å². The van der Waals surface area contributed by atoms with Crippen LogP contribution < -0.4 is 5.32 Å². The van der Waals surface area contributed by atoms with Gasteiger partial charge in [0.1, 0.15) is 5.01 Å². The highest BCUT2D eigenvalue weighted by Crippen LogP contribution is 2.23. The molecule has 0 fully saturated rings. The highest BCUT2D eigenvalue weighted by atomic mass is 79.9. The Bertz CT molecular complexity index is 502. The molecule has 0 aliphatic heterocycles. The molecule has 0 bridgehead atoms. The first-order valence-corrected chi connectivity index (χ1v) is 7.82. The van der Waals surface area contributed by atoms with Gasteiger partial charge in [0.05, 0.1) is 6.04 Å². The van der Waals surface area contributed by atoms with E-state index in [1.807, 2.05) is 29.8 Å². The molecule has 0 radical (unpaired) electrons. The molecule has 1 unspecified atom stereocenters. The van der Waals surface area contributed by atoms with Crippen molar-refractivity contribution in [2.75, 3.05) is 0 Å². The van der Waals surface area contributed by atoms with Crippen LogP contribution in [0.2, 0.25) is 5.02 Å². The van der Waals surface area contributed by atoms with Gasteiger partial charge in [0.15, 0.2) is 0 Å². The van der Waals surface area contributed by atoms with Crippen LogP contribution >= 0.6 is 38.9 Å². The van der Waals surface area contributed by atoms with Crippen LogP contribution in [0, 0.1) is 0 Å². The molecule has 5 heteroatoms. The number of halogens is 2. The van der Waals surface area contributed by atoms with Crippen molar-refractivity contribution in [3.63, 3.8) is 0 Å². The maximum absolute atomic E-state index is 6.20. The van der Waals surface area contributed by atoms with Crippen LogP contribution in [-0.2, 0) is 6.54 Å². The number of hydrogen-bond acceptors (Lipinski definition) is 3. The normalized spacial score (nSPS) is 12.6. The van der Waals surface area contributed by atoms with Gasteiger partial charge in [-0.05, 0) is 24.1 Å². The van der Waals surface area contributed by atoms with Gasteiger partial charge in [-0.15, -0.1) is 11.3 Å². The van der Waals surface area contributed by atoms with Gasteiger partial charge < -0.3 is 5.32 Å². The Morgan fingerprint density at radius 1 is 1.50 bits per heavy atom. The molecule has 1 atom stereocenters. The van der Waals surface area contributed by atoms with Crippen LogP contribution in [-0.4, -0.2) is 4.98 Å². The summed E-state index contributed by atoms with van der Waals surface area (Å²) in [5.74, 6) is 0. The van der Waals surface area contributed by atoms with Crippen LogP contribution in [0.4, 0.5) is 0 Å². The molecule has 0 spiro atoms. The fourth-order valence-corrected chi connectivity index (χ4v) is 3.25. The van der Waals surface area contributed by atoms with Gasteiger partial charge in [-0.1, -0.05) is 40.5 Å². The summed E-state index contributed by atoms with van der Waals surface area (Å²) in [7, 11) is 0. The van der Waals surface area contributed by atoms with E-state index in [2.05, 4.69) is 33.2 Å². The van der Waals surface area contributed by atoms with Crippen LogP contribution in [0.15, 0.2) is 34.2 Å². The first kappa shape index (κ1) is 14.0. The number of hydrogen-bond donors (Lipinski definition) is 1. The van der Waals surface area contributed by atoms with Gasteiger partial charge in [0, 0.05) is 27.6 Å². The quantitative estimate of drug-likeness (QED) is 0.842. The van der Waals surface area contributed by atoms with E-state index in [0.29, 0.717) is 6.04 Å². The van der Waals surface area contributed by atoms with Crippen molar-refractivity contribution < 1.29 is 0 Å². The molecular weight excluding hydrogens is 332 g/mol. The van der Waals surface area contributed by atoms with Crippen LogP contribution in [0.5, 0.6) is 0 Å². The summed E-state index contributed by atoms with van der Waals surface area (Å²) < 4.78 is 1.00. The molecule has 1 heterocycles. The summed E-state index contributed by atoms with van der Waals surface area (Å²) in [6, 6.07) is 6.26. The van der Waals surface area contributed by atoms with E-state index in [0.717, 1.165) is 33.0 Å². The minimum absolute atomic E-state index is 0.296. The number of nitrogens with zero attached hydrogens (tertiary/aromatic N) is 1. The van der Waals surface area contributed by atoms with Crippen LogP contribution in [0.1, 0.15) is 30.0 Å². The molecule has 0 saturated carbocycles. The molecule has 0 aliphatic rings. The summed E-state index contributed by atoms with van der Waals surface area (Å²) >= 11 is 11.3. The molecule has 1 aromatic carbocycles. The second-order valence-electron chi connectivity index (χ2n) is 3.95. The van der Waals surface area contributed by atoms with Crippen LogP contribution in [0.3, 0.4) is 0 Å². The third-order valence-electron chi connectivity index (χ3n) is 2.71. The fourth-order valence-electron chi connectivity index (χ4n) is 1.71. The molecule has 2 nitrogen and oxygen atoms in total. The molecule has 0 amide bonds. The van der Waals surface area contributed by atoms with Gasteiger partial charge in [-0.2, -0.15) is 0 Å². The lowest BCUT2D eigenvalue weighted by molar-refractivity contribution is 0.517. The highest BCUT2D eigenvalue weighted by molar-refractivity contribution is 9.10. The van der Waals surface area contributed by atoms with Crippen molar-refractivity contribution in [1.29, 1.82) is 0 Å². The number of benzene rings is 1. The Balaban J connectivity index is 2.02. The summed E-state index contributed by atoms with van der Waals surface area (Å²) in [4.78, 5) is 4.35.